The van der Waals surface area contributed by atoms with Gasteiger partial charge in [-0.05, 0) is 38.0 Å². The van der Waals surface area contributed by atoms with E-state index in [1.807, 2.05) is 19.1 Å². The van der Waals surface area contributed by atoms with Gasteiger partial charge in [0.1, 0.15) is 6.04 Å². The molecule has 1 saturated carbocycles. The number of amides is 1. The summed E-state index contributed by atoms with van der Waals surface area (Å²) in [7, 11) is 0. The van der Waals surface area contributed by atoms with Crippen LogP contribution in [-0.4, -0.2) is 18.0 Å². The largest absolute Gasteiger partial charge is 0.373 e. The van der Waals surface area contributed by atoms with Gasteiger partial charge in [-0.2, -0.15) is 0 Å². The van der Waals surface area contributed by atoms with Crippen molar-refractivity contribution >= 4 is 39.1 Å². The Bertz CT molecular complexity index is 435. The highest BCUT2D eigenvalue weighted by Gasteiger charge is 2.25. The van der Waals surface area contributed by atoms with Gasteiger partial charge in [0.2, 0.25) is 5.91 Å². The molecule has 0 saturated heterocycles. The zero-order chi connectivity index (χ0) is 12.4. The van der Waals surface area contributed by atoms with Crippen molar-refractivity contribution in [1.29, 1.82) is 0 Å². The van der Waals surface area contributed by atoms with Gasteiger partial charge in [0.25, 0.3) is 0 Å². The number of anilines is 1. The van der Waals surface area contributed by atoms with Crippen LogP contribution in [0.3, 0.4) is 0 Å². The fourth-order valence-electron chi connectivity index (χ4n) is 1.46. The van der Waals surface area contributed by atoms with Crippen LogP contribution in [0.1, 0.15) is 19.8 Å². The standard InChI is InChI=1S/C12H14BrClN2O/c1-7(12(17)16-9-3-4-9)15-11-6-8(13)2-5-10(11)14/h2,5-7,9,15H,3-4H2,1H3,(H,16,17). The minimum Gasteiger partial charge on any atom is -0.373 e. The highest BCUT2D eigenvalue weighted by molar-refractivity contribution is 9.10. The molecule has 1 fully saturated rings. The molecule has 1 aliphatic carbocycles. The van der Waals surface area contributed by atoms with Crippen molar-refractivity contribution in [3.8, 4) is 0 Å². The molecule has 1 atom stereocenters. The summed E-state index contributed by atoms with van der Waals surface area (Å²) in [6.07, 6.45) is 2.19. The van der Waals surface area contributed by atoms with Crippen LogP contribution in [-0.2, 0) is 4.79 Å². The van der Waals surface area contributed by atoms with Crippen LogP contribution in [0.5, 0.6) is 0 Å². The minimum atomic E-state index is -0.289. The average Bonchev–Trinajstić information content (AvgIpc) is 3.07. The normalized spacial score (nSPS) is 16.4. The Labute approximate surface area is 114 Å². The Morgan fingerprint density at radius 2 is 2.24 bits per heavy atom. The van der Waals surface area contributed by atoms with Crippen molar-refractivity contribution in [2.75, 3.05) is 5.32 Å². The molecule has 2 N–H and O–H groups in total. The maximum atomic E-state index is 11.8. The summed E-state index contributed by atoms with van der Waals surface area (Å²) in [6, 6.07) is 5.61. The van der Waals surface area contributed by atoms with E-state index in [0.29, 0.717) is 11.1 Å². The number of nitrogens with one attached hydrogen (secondary N) is 2. The van der Waals surface area contributed by atoms with Crippen LogP contribution >= 0.6 is 27.5 Å². The first kappa shape index (κ1) is 12.7. The van der Waals surface area contributed by atoms with E-state index < -0.39 is 0 Å². The molecule has 0 bridgehead atoms. The highest BCUT2D eigenvalue weighted by atomic mass is 79.9. The van der Waals surface area contributed by atoms with Gasteiger partial charge < -0.3 is 10.6 Å². The van der Waals surface area contributed by atoms with Gasteiger partial charge in [0.05, 0.1) is 10.7 Å². The summed E-state index contributed by atoms with van der Waals surface area (Å²) in [5.41, 5.74) is 0.763. The number of hydrogen-bond donors (Lipinski definition) is 2. The fourth-order valence-corrected chi connectivity index (χ4v) is 1.99. The van der Waals surface area contributed by atoms with E-state index in [1.165, 1.54) is 0 Å². The van der Waals surface area contributed by atoms with Crippen molar-refractivity contribution in [2.45, 2.75) is 31.8 Å². The monoisotopic (exact) mass is 316 g/mol. The predicted molar refractivity (Wildman–Crippen MR) is 73.4 cm³/mol. The van der Waals surface area contributed by atoms with Gasteiger partial charge in [-0.3, -0.25) is 4.79 Å². The first-order valence-electron chi connectivity index (χ1n) is 5.58. The number of carbonyl (C=O) groups excluding carboxylic acids is 1. The zero-order valence-corrected chi connectivity index (χ0v) is 11.8. The van der Waals surface area contributed by atoms with Crippen molar-refractivity contribution in [1.82, 2.24) is 5.32 Å². The molecule has 1 aliphatic rings. The van der Waals surface area contributed by atoms with E-state index in [0.717, 1.165) is 23.0 Å². The summed E-state index contributed by atoms with van der Waals surface area (Å²) in [5, 5.41) is 6.67. The van der Waals surface area contributed by atoms with E-state index in [-0.39, 0.29) is 11.9 Å². The second-order valence-corrected chi connectivity index (χ2v) is 5.60. The smallest absolute Gasteiger partial charge is 0.242 e. The fraction of sp³-hybridized carbons (Fsp3) is 0.417. The number of rotatable bonds is 4. The summed E-state index contributed by atoms with van der Waals surface area (Å²) in [5.74, 6) is 0.0172. The van der Waals surface area contributed by atoms with Gasteiger partial charge in [-0.25, -0.2) is 0 Å². The van der Waals surface area contributed by atoms with Gasteiger partial charge in [-0.15, -0.1) is 0 Å². The van der Waals surface area contributed by atoms with Crippen LogP contribution in [0.2, 0.25) is 5.02 Å². The van der Waals surface area contributed by atoms with Crippen LogP contribution in [0, 0.1) is 0 Å². The molecular weight excluding hydrogens is 304 g/mol. The lowest BCUT2D eigenvalue weighted by Gasteiger charge is -2.16. The van der Waals surface area contributed by atoms with E-state index in [2.05, 4.69) is 26.6 Å². The summed E-state index contributed by atoms with van der Waals surface area (Å²) in [6.45, 7) is 1.83. The summed E-state index contributed by atoms with van der Waals surface area (Å²) < 4.78 is 0.930. The third kappa shape index (κ3) is 3.61. The lowest BCUT2D eigenvalue weighted by Crippen LogP contribution is -2.38. The topological polar surface area (TPSA) is 41.1 Å². The second kappa shape index (κ2) is 5.27. The van der Waals surface area contributed by atoms with Crippen molar-refractivity contribution in [2.24, 2.45) is 0 Å². The molecule has 0 spiro atoms. The van der Waals surface area contributed by atoms with Crippen LogP contribution in [0.4, 0.5) is 5.69 Å². The van der Waals surface area contributed by atoms with Crippen LogP contribution < -0.4 is 10.6 Å². The lowest BCUT2D eigenvalue weighted by atomic mass is 10.2. The molecule has 92 valence electrons. The molecule has 1 aromatic carbocycles. The average molecular weight is 318 g/mol. The van der Waals surface area contributed by atoms with E-state index in [1.54, 1.807) is 6.07 Å². The van der Waals surface area contributed by atoms with Crippen LogP contribution in [0.15, 0.2) is 22.7 Å². The number of hydrogen-bond acceptors (Lipinski definition) is 2. The van der Waals surface area contributed by atoms with Gasteiger partial charge in [0.15, 0.2) is 0 Å². The van der Waals surface area contributed by atoms with E-state index in [9.17, 15) is 4.79 Å². The van der Waals surface area contributed by atoms with Crippen molar-refractivity contribution < 1.29 is 4.79 Å². The Kier molecular flexibility index (Phi) is 3.94. The number of benzene rings is 1. The van der Waals surface area contributed by atoms with Gasteiger partial charge in [-0.1, -0.05) is 27.5 Å². The van der Waals surface area contributed by atoms with Crippen molar-refractivity contribution in [3.05, 3.63) is 27.7 Å². The SMILES string of the molecule is CC(Nc1cc(Br)ccc1Cl)C(=O)NC1CC1. The Morgan fingerprint density at radius 1 is 1.53 bits per heavy atom. The van der Waals surface area contributed by atoms with Crippen molar-refractivity contribution in [3.63, 3.8) is 0 Å². The summed E-state index contributed by atoms with van der Waals surface area (Å²) >= 11 is 9.42. The third-order valence-corrected chi connectivity index (χ3v) is 3.44. The Morgan fingerprint density at radius 3 is 2.88 bits per heavy atom. The third-order valence-electron chi connectivity index (χ3n) is 2.62. The molecule has 17 heavy (non-hydrogen) atoms. The van der Waals surface area contributed by atoms with E-state index in [4.69, 9.17) is 11.6 Å². The quantitative estimate of drug-likeness (QED) is 0.895. The lowest BCUT2D eigenvalue weighted by molar-refractivity contribution is -0.121. The second-order valence-electron chi connectivity index (χ2n) is 4.27. The molecule has 0 heterocycles. The molecule has 1 aromatic rings. The Hall–Kier alpha value is -0.740. The molecular formula is C12H14BrClN2O. The van der Waals surface area contributed by atoms with Gasteiger partial charge in [0, 0.05) is 10.5 Å². The first-order chi connectivity index (χ1) is 8.06. The van der Waals surface area contributed by atoms with Crippen LogP contribution in [0.25, 0.3) is 0 Å². The van der Waals surface area contributed by atoms with E-state index >= 15 is 0 Å². The highest BCUT2D eigenvalue weighted by Crippen LogP contribution is 2.26. The minimum absolute atomic E-state index is 0.0172. The molecule has 1 amide bonds. The predicted octanol–water partition coefficient (Wildman–Crippen LogP) is 3.18. The zero-order valence-electron chi connectivity index (χ0n) is 9.47. The molecule has 0 radical (unpaired) electrons. The molecule has 1 unspecified atom stereocenters. The maximum Gasteiger partial charge on any atom is 0.242 e. The first-order valence-corrected chi connectivity index (χ1v) is 6.75. The molecule has 0 aromatic heterocycles. The number of carbonyl (C=O) groups is 1. The number of halogens is 2. The summed E-state index contributed by atoms with van der Waals surface area (Å²) in [4.78, 5) is 11.8. The maximum absolute atomic E-state index is 11.8. The molecule has 0 aliphatic heterocycles. The van der Waals surface area contributed by atoms with Gasteiger partial charge >= 0.3 is 0 Å². The molecule has 5 heteroatoms. The Balaban J connectivity index is 1.98. The molecule has 3 nitrogen and oxygen atoms in total. The molecule has 2 rings (SSSR count).